The highest BCUT2D eigenvalue weighted by molar-refractivity contribution is 9.10. The van der Waals surface area contributed by atoms with E-state index in [2.05, 4.69) is 20.9 Å². The number of benzene rings is 2. The van der Waals surface area contributed by atoms with Crippen LogP contribution in [0.15, 0.2) is 62.5 Å². The molecule has 0 unspecified atom stereocenters. The monoisotopic (exact) mass is 403 g/mol. The summed E-state index contributed by atoms with van der Waals surface area (Å²) < 4.78 is 11.5. The molecule has 3 rings (SSSR count). The number of carbonyl (C=O) groups excluding carboxylic acids is 1. The van der Waals surface area contributed by atoms with Crippen molar-refractivity contribution >= 4 is 45.6 Å². The zero-order valence-corrected chi connectivity index (χ0v) is 15.5. The van der Waals surface area contributed by atoms with E-state index in [1.807, 2.05) is 36.6 Å². The lowest BCUT2D eigenvalue weighted by Crippen LogP contribution is -2.07. The van der Waals surface area contributed by atoms with Crippen LogP contribution in [0.1, 0.15) is 11.1 Å². The largest absolute Gasteiger partial charge is 0.496 e. The zero-order chi connectivity index (χ0) is 17.1. The van der Waals surface area contributed by atoms with Crippen molar-refractivity contribution < 1.29 is 14.3 Å². The smallest absolute Gasteiger partial charge is 0.363 e. The summed E-state index contributed by atoms with van der Waals surface area (Å²) in [4.78, 5) is 17.6. The molecule has 4 nitrogen and oxygen atoms in total. The summed E-state index contributed by atoms with van der Waals surface area (Å²) in [6.45, 7) is 0. The van der Waals surface area contributed by atoms with Crippen molar-refractivity contribution in [1.29, 1.82) is 0 Å². The van der Waals surface area contributed by atoms with Gasteiger partial charge in [-0.2, -0.15) is 0 Å². The van der Waals surface area contributed by atoms with E-state index < -0.39 is 5.97 Å². The number of carbonyl (C=O) groups is 1. The maximum absolute atomic E-state index is 12.1. The summed E-state index contributed by atoms with van der Waals surface area (Å²) in [5, 5.41) is 0. The Morgan fingerprint density at radius 1 is 1.21 bits per heavy atom. The second-order valence-electron chi connectivity index (χ2n) is 4.95. The summed E-state index contributed by atoms with van der Waals surface area (Å²) in [6.07, 6.45) is 3.73. The van der Waals surface area contributed by atoms with Crippen LogP contribution in [0.4, 0.5) is 0 Å². The zero-order valence-electron chi connectivity index (χ0n) is 13.1. The Hall–Kier alpha value is -2.05. The highest BCUT2D eigenvalue weighted by Crippen LogP contribution is 2.28. The second-order valence-corrected chi connectivity index (χ2v) is 6.75. The van der Waals surface area contributed by atoms with Crippen LogP contribution in [0, 0.1) is 0 Å². The van der Waals surface area contributed by atoms with Gasteiger partial charge in [0.15, 0.2) is 5.70 Å². The van der Waals surface area contributed by atoms with E-state index in [0.29, 0.717) is 11.3 Å². The van der Waals surface area contributed by atoms with Gasteiger partial charge >= 0.3 is 5.97 Å². The molecule has 0 atom stereocenters. The van der Waals surface area contributed by atoms with Crippen molar-refractivity contribution in [3.05, 3.63) is 63.8 Å². The topological polar surface area (TPSA) is 47.9 Å². The third-order valence-electron chi connectivity index (χ3n) is 3.43. The summed E-state index contributed by atoms with van der Waals surface area (Å²) in [5.74, 6) is 0.362. The van der Waals surface area contributed by atoms with Gasteiger partial charge in [0.1, 0.15) is 5.75 Å². The van der Waals surface area contributed by atoms with Crippen LogP contribution in [0.2, 0.25) is 0 Å². The van der Waals surface area contributed by atoms with Crippen molar-refractivity contribution in [3.63, 3.8) is 0 Å². The second kappa shape index (κ2) is 7.23. The maximum Gasteiger partial charge on any atom is 0.363 e. The van der Waals surface area contributed by atoms with Crippen LogP contribution >= 0.6 is 27.7 Å². The fourth-order valence-electron chi connectivity index (χ4n) is 2.23. The number of ether oxygens (including phenoxy) is 2. The minimum Gasteiger partial charge on any atom is -0.496 e. The third-order valence-corrected chi connectivity index (χ3v) is 4.67. The van der Waals surface area contributed by atoms with Crippen molar-refractivity contribution in [1.82, 2.24) is 0 Å². The first-order valence-electron chi connectivity index (χ1n) is 7.11. The van der Waals surface area contributed by atoms with Gasteiger partial charge in [-0.1, -0.05) is 28.1 Å². The van der Waals surface area contributed by atoms with E-state index in [1.54, 1.807) is 37.1 Å². The number of cyclic esters (lactones) is 1. The predicted molar refractivity (Wildman–Crippen MR) is 99.5 cm³/mol. The molecule has 0 radical (unpaired) electrons. The molecule has 1 aliphatic heterocycles. The van der Waals surface area contributed by atoms with Crippen LogP contribution in [0.5, 0.6) is 5.75 Å². The van der Waals surface area contributed by atoms with Gasteiger partial charge in [0, 0.05) is 9.37 Å². The first kappa shape index (κ1) is 16.8. The van der Waals surface area contributed by atoms with E-state index in [-0.39, 0.29) is 11.6 Å². The van der Waals surface area contributed by atoms with Gasteiger partial charge in [-0.25, -0.2) is 9.79 Å². The van der Waals surface area contributed by atoms with Crippen LogP contribution in [0.25, 0.3) is 6.08 Å². The van der Waals surface area contributed by atoms with E-state index in [4.69, 9.17) is 9.47 Å². The standard InChI is InChI=1S/C18H14BrNO3S/c1-22-16-8-5-12(19)10-14(16)17-20-15(18(21)23-17)9-11-3-6-13(24-2)7-4-11/h3-10H,1-2H3/b15-9-. The maximum atomic E-state index is 12.1. The third kappa shape index (κ3) is 3.55. The molecule has 0 saturated carbocycles. The number of halogens is 1. The summed E-state index contributed by atoms with van der Waals surface area (Å²) in [5.41, 5.74) is 1.79. The number of aliphatic imine (C=N–C) groups is 1. The molecule has 2 aromatic rings. The normalized spacial score (nSPS) is 15.4. The van der Waals surface area contributed by atoms with Crippen molar-refractivity contribution in [3.8, 4) is 5.75 Å². The van der Waals surface area contributed by atoms with E-state index in [0.717, 1.165) is 14.9 Å². The average molecular weight is 404 g/mol. The van der Waals surface area contributed by atoms with Crippen LogP contribution in [0.3, 0.4) is 0 Å². The molecule has 0 fully saturated rings. The molecule has 1 aliphatic rings. The minimum absolute atomic E-state index is 0.241. The van der Waals surface area contributed by atoms with Gasteiger partial charge in [0.05, 0.1) is 12.7 Å². The lowest BCUT2D eigenvalue weighted by molar-refractivity contribution is -0.129. The molecule has 0 saturated heterocycles. The Labute approximate surface area is 152 Å². The summed E-state index contributed by atoms with van der Waals surface area (Å²) in [6, 6.07) is 13.3. The van der Waals surface area contributed by atoms with Crippen LogP contribution < -0.4 is 4.74 Å². The van der Waals surface area contributed by atoms with Gasteiger partial charge in [-0.05, 0) is 48.2 Å². The molecular formula is C18H14BrNO3S. The number of hydrogen-bond donors (Lipinski definition) is 0. The van der Waals surface area contributed by atoms with Gasteiger partial charge in [0.25, 0.3) is 0 Å². The first-order valence-corrected chi connectivity index (χ1v) is 9.13. The van der Waals surface area contributed by atoms with Gasteiger partial charge in [-0.3, -0.25) is 0 Å². The van der Waals surface area contributed by atoms with E-state index in [9.17, 15) is 4.79 Å². The number of esters is 1. The number of rotatable bonds is 4. The van der Waals surface area contributed by atoms with Crippen LogP contribution in [-0.2, 0) is 9.53 Å². The SMILES string of the molecule is COc1ccc(Br)cc1C1=N/C(=C\c2ccc(SC)cc2)C(=O)O1. The molecule has 1 heterocycles. The molecule has 0 amide bonds. The Morgan fingerprint density at radius 3 is 2.62 bits per heavy atom. The molecule has 0 spiro atoms. The fourth-order valence-corrected chi connectivity index (χ4v) is 3.00. The Morgan fingerprint density at radius 2 is 1.96 bits per heavy atom. The molecular weight excluding hydrogens is 390 g/mol. The molecule has 6 heteroatoms. The lowest BCUT2D eigenvalue weighted by atomic mass is 10.2. The highest BCUT2D eigenvalue weighted by atomic mass is 79.9. The van der Waals surface area contributed by atoms with Crippen molar-refractivity contribution in [2.24, 2.45) is 4.99 Å². The first-order chi connectivity index (χ1) is 11.6. The number of hydrogen-bond acceptors (Lipinski definition) is 5. The predicted octanol–water partition coefficient (Wildman–Crippen LogP) is 4.52. The minimum atomic E-state index is -0.471. The van der Waals surface area contributed by atoms with Gasteiger partial charge < -0.3 is 9.47 Å². The fraction of sp³-hybridized carbons (Fsp3) is 0.111. The molecule has 0 bridgehead atoms. The molecule has 0 aliphatic carbocycles. The lowest BCUT2D eigenvalue weighted by Gasteiger charge is -2.07. The van der Waals surface area contributed by atoms with E-state index in [1.165, 1.54) is 0 Å². The quantitative estimate of drug-likeness (QED) is 0.427. The van der Waals surface area contributed by atoms with Crippen molar-refractivity contribution in [2.45, 2.75) is 4.90 Å². The van der Waals surface area contributed by atoms with Gasteiger partial charge in [-0.15, -0.1) is 11.8 Å². The van der Waals surface area contributed by atoms with Crippen molar-refractivity contribution in [2.75, 3.05) is 13.4 Å². The highest BCUT2D eigenvalue weighted by Gasteiger charge is 2.26. The Bertz CT molecular complexity index is 844. The summed E-state index contributed by atoms with van der Waals surface area (Å²) >= 11 is 5.07. The Kier molecular flexibility index (Phi) is 5.06. The number of nitrogens with zero attached hydrogens (tertiary/aromatic N) is 1. The van der Waals surface area contributed by atoms with E-state index >= 15 is 0 Å². The average Bonchev–Trinajstić information content (AvgIpc) is 2.96. The van der Waals surface area contributed by atoms with Crippen LogP contribution in [-0.4, -0.2) is 25.2 Å². The molecule has 2 aromatic carbocycles. The molecule has 0 aromatic heterocycles. The molecule has 122 valence electrons. The number of methoxy groups -OCH3 is 1. The summed E-state index contributed by atoms with van der Waals surface area (Å²) in [7, 11) is 1.56. The Balaban J connectivity index is 1.95. The molecule has 0 N–H and O–H groups in total. The number of thioether (sulfide) groups is 1. The van der Waals surface area contributed by atoms with Gasteiger partial charge in [0.2, 0.25) is 5.90 Å². The molecule has 24 heavy (non-hydrogen) atoms.